The molecule has 1 atom stereocenters. The molecule has 1 unspecified atom stereocenters. The molecule has 1 aromatic carbocycles. The smallest absolute Gasteiger partial charge is 0.146 e. The third-order valence-electron chi connectivity index (χ3n) is 3.90. The number of rotatable bonds is 4. The maximum absolute atomic E-state index is 14.1. The van der Waals surface area contributed by atoms with Gasteiger partial charge in [0.05, 0.1) is 17.7 Å². The first-order chi connectivity index (χ1) is 9.56. The van der Waals surface area contributed by atoms with Gasteiger partial charge in [-0.2, -0.15) is 0 Å². The Morgan fingerprint density at radius 2 is 1.90 bits per heavy atom. The van der Waals surface area contributed by atoms with Crippen LogP contribution in [0.15, 0.2) is 12.1 Å². The summed E-state index contributed by atoms with van der Waals surface area (Å²) in [6.45, 7) is 1.40. The lowest BCUT2D eigenvalue weighted by Gasteiger charge is -2.36. The van der Waals surface area contributed by atoms with Crippen LogP contribution in [0.25, 0.3) is 0 Å². The SMILES string of the molecule is OCC1CCN(C(CO)c2cc(Cl)cc(Cl)c2F)CC1. The van der Waals surface area contributed by atoms with Crippen LogP contribution >= 0.6 is 23.2 Å². The van der Waals surface area contributed by atoms with Crippen LogP contribution in [-0.2, 0) is 0 Å². The number of benzene rings is 1. The van der Waals surface area contributed by atoms with Gasteiger partial charge in [0, 0.05) is 17.2 Å². The average molecular weight is 322 g/mol. The van der Waals surface area contributed by atoms with E-state index >= 15 is 0 Å². The fourth-order valence-electron chi connectivity index (χ4n) is 2.68. The number of hydrogen-bond donors (Lipinski definition) is 2. The predicted molar refractivity (Wildman–Crippen MR) is 77.6 cm³/mol. The molecule has 1 saturated heterocycles. The summed E-state index contributed by atoms with van der Waals surface area (Å²) in [5, 5.41) is 19.1. The van der Waals surface area contributed by atoms with Crippen LogP contribution in [0.1, 0.15) is 24.4 Å². The zero-order valence-corrected chi connectivity index (χ0v) is 12.5. The molecule has 1 aliphatic heterocycles. The molecule has 112 valence electrons. The number of halogens is 3. The first-order valence-corrected chi connectivity index (χ1v) is 7.42. The normalized spacial score (nSPS) is 19.2. The molecule has 0 aromatic heterocycles. The van der Waals surface area contributed by atoms with E-state index in [-0.39, 0.29) is 18.2 Å². The number of likely N-dealkylation sites (tertiary alicyclic amines) is 1. The lowest BCUT2D eigenvalue weighted by Crippen LogP contribution is -2.39. The molecule has 2 N–H and O–H groups in total. The Hall–Kier alpha value is -0.390. The number of piperidine rings is 1. The summed E-state index contributed by atoms with van der Waals surface area (Å²) in [6, 6.07) is 2.42. The van der Waals surface area contributed by atoms with Crippen molar-refractivity contribution in [3.63, 3.8) is 0 Å². The molecular formula is C14H18Cl2FNO2. The van der Waals surface area contributed by atoms with Crippen LogP contribution in [0.5, 0.6) is 0 Å². The molecule has 0 radical (unpaired) electrons. The molecule has 0 bridgehead atoms. The van der Waals surface area contributed by atoms with Crippen LogP contribution < -0.4 is 0 Å². The lowest BCUT2D eigenvalue weighted by molar-refractivity contribution is 0.0683. The molecule has 0 saturated carbocycles. The topological polar surface area (TPSA) is 43.7 Å². The molecule has 1 fully saturated rings. The van der Waals surface area contributed by atoms with E-state index in [2.05, 4.69) is 0 Å². The van der Waals surface area contributed by atoms with Gasteiger partial charge < -0.3 is 10.2 Å². The van der Waals surface area contributed by atoms with Gasteiger partial charge in [0.2, 0.25) is 0 Å². The molecular weight excluding hydrogens is 304 g/mol. The molecule has 1 aromatic rings. The summed E-state index contributed by atoms with van der Waals surface area (Å²) in [7, 11) is 0. The van der Waals surface area contributed by atoms with Gasteiger partial charge in [-0.1, -0.05) is 23.2 Å². The van der Waals surface area contributed by atoms with Crippen LogP contribution in [0.3, 0.4) is 0 Å². The third kappa shape index (κ3) is 3.43. The van der Waals surface area contributed by atoms with Gasteiger partial charge in [-0.15, -0.1) is 0 Å². The zero-order chi connectivity index (χ0) is 14.7. The number of hydrogen-bond acceptors (Lipinski definition) is 3. The Kier molecular flexibility index (Phi) is 5.64. The van der Waals surface area contributed by atoms with Crippen molar-refractivity contribution in [3.8, 4) is 0 Å². The molecule has 6 heteroatoms. The highest BCUT2D eigenvalue weighted by Crippen LogP contribution is 2.32. The van der Waals surface area contributed by atoms with Crippen molar-refractivity contribution in [2.45, 2.75) is 18.9 Å². The van der Waals surface area contributed by atoms with E-state index in [4.69, 9.17) is 28.3 Å². The van der Waals surface area contributed by atoms with E-state index in [1.165, 1.54) is 12.1 Å². The fourth-order valence-corrected chi connectivity index (χ4v) is 3.19. The van der Waals surface area contributed by atoms with Gasteiger partial charge in [0.15, 0.2) is 0 Å². The van der Waals surface area contributed by atoms with E-state index < -0.39 is 11.9 Å². The second-order valence-electron chi connectivity index (χ2n) is 5.15. The van der Waals surface area contributed by atoms with Gasteiger partial charge >= 0.3 is 0 Å². The highest BCUT2D eigenvalue weighted by Gasteiger charge is 2.28. The summed E-state index contributed by atoms with van der Waals surface area (Å²) in [5.41, 5.74) is 0.326. The van der Waals surface area contributed by atoms with Crippen molar-refractivity contribution < 1.29 is 14.6 Å². The molecule has 1 aliphatic rings. The summed E-state index contributed by atoms with van der Waals surface area (Å²) < 4.78 is 14.1. The lowest BCUT2D eigenvalue weighted by atomic mass is 9.95. The molecule has 1 heterocycles. The van der Waals surface area contributed by atoms with Crippen molar-refractivity contribution >= 4 is 23.2 Å². The maximum atomic E-state index is 14.1. The third-order valence-corrected chi connectivity index (χ3v) is 4.39. The number of aliphatic hydroxyl groups excluding tert-OH is 2. The van der Waals surface area contributed by atoms with Crippen LogP contribution in [0.4, 0.5) is 4.39 Å². The van der Waals surface area contributed by atoms with E-state index in [0.29, 0.717) is 29.6 Å². The summed E-state index contributed by atoms with van der Waals surface area (Å²) in [5.74, 6) is -0.238. The Morgan fingerprint density at radius 3 is 2.45 bits per heavy atom. The van der Waals surface area contributed by atoms with Crippen molar-refractivity contribution in [1.82, 2.24) is 4.90 Å². The molecule has 20 heavy (non-hydrogen) atoms. The average Bonchev–Trinajstić information content (AvgIpc) is 2.45. The van der Waals surface area contributed by atoms with Crippen molar-refractivity contribution in [3.05, 3.63) is 33.6 Å². The Labute approximate surface area is 127 Å². The molecule has 0 aliphatic carbocycles. The van der Waals surface area contributed by atoms with Gasteiger partial charge in [0.1, 0.15) is 5.82 Å². The quantitative estimate of drug-likeness (QED) is 0.838. The summed E-state index contributed by atoms with van der Waals surface area (Å²) >= 11 is 11.7. The Morgan fingerprint density at radius 1 is 1.25 bits per heavy atom. The highest BCUT2D eigenvalue weighted by molar-refractivity contribution is 6.34. The molecule has 0 spiro atoms. The Balaban J connectivity index is 2.21. The minimum atomic E-state index is -0.528. The summed E-state index contributed by atoms with van der Waals surface area (Å²) in [6.07, 6.45) is 1.67. The monoisotopic (exact) mass is 321 g/mol. The first kappa shape index (κ1) is 16.0. The van der Waals surface area contributed by atoms with Gasteiger partial charge in [-0.25, -0.2) is 4.39 Å². The fraction of sp³-hybridized carbons (Fsp3) is 0.571. The minimum Gasteiger partial charge on any atom is -0.396 e. The van der Waals surface area contributed by atoms with E-state index in [1.54, 1.807) is 0 Å². The molecule has 3 nitrogen and oxygen atoms in total. The van der Waals surface area contributed by atoms with E-state index in [1.807, 2.05) is 4.90 Å². The van der Waals surface area contributed by atoms with Crippen LogP contribution in [0.2, 0.25) is 10.0 Å². The maximum Gasteiger partial charge on any atom is 0.146 e. The van der Waals surface area contributed by atoms with Gasteiger partial charge in [-0.3, -0.25) is 4.90 Å². The number of aliphatic hydroxyl groups is 2. The van der Waals surface area contributed by atoms with E-state index in [9.17, 15) is 9.50 Å². The standard InChI is InChI=1S/C14H18Cl2FNO2/c15-10-5-11(14(17)12(16)6-10)13(8-20)18-3-1-9(7-19)2-4-18/h5-6,9,13,19-20H,1-4,7-8H2. The minimum absolute atomic E-state index is 0.0313. The summed E-state index contributed by atoms with van der Waals surface area (Å²) in [4.78, 5) is 2.01. The number of nitrogens with zero attached hydrogens (tertiary/aromatic N) is 1. The van der Waals surface area contributed by atoms with Gasteiger partial charge in [0.25, 0.3) is 0 Å². The van der Waals surface area contributed by atoms with Crippen LogP contribution in [0, 0.1) is 11.7 Å². The highest BCUT2D eigenvalue weighted by atomic mass is 35.5. The van der Waals surface area contributed by atoms with Crippen molar-refractivity contribution in [2.24, 2.45) is 5.92 Å². The van der Waals surface area contributed by atoms with E-state index in [0.717, 1.165) is 12.8 Å². The first-order valence-electron chi connectivity index (χ1n) is 6.67. The second kappa shape index (κ2) is 7.05. The molecule has 2 rings (SSSR count). The second-order valence-corrected chi connectivity index (χ2v) is 5.99. The van der Waals surface area contributed by atoms with Crippen molar-refractivity contribution in [1.29, 1.82) is 0 Å². The largest absolute Gasteiger partial charge is 0.396 e. The van der Waals surface area contributed by atoms with Crippen LogP contribution in [-0.4, -0.2) is 41.4 Å². The zero-order valence-electron chi connectivity index (χ0n) is 11.0. The van der Waals surface area contributed by atoms with Crippen molar-refractivity contribution in [2.75, 3.05) is 26.3 Å². The predicted octanol–water partition coefficient (Wildman–Crippen LogP) is 2.87. The van der Waals surface area contributed by atoms with Gasteiger partial charge in [-0.05, 0) is 44.0 Å². The molecule has 0 amide bonds. The Bertz CT molecular complexity index is 465.